The van der Waals surface area contributed by atoms with Gasteiger partial charge in [-0.25, -0.2) is 14.4 Å². The lowest BCUT2D eigenvalue weighted by atomic mass is 10.0. The molecule has 2 aromatic carbocycles. The first-order valence-corrected chi connectivity index (χ1v) is 9.11. The number of carboxylic acid groups (broad SMARTS) is 1. The highest BCUT2D eigenvalue weighted by Crippen LogP contribution is 2.23. The second-order valence-electron chi connectivity index (χ2n) is 6.63. The number of hydrogen-bond donors (Lipinski definition) is 1. The summed E-state index contributed by atoms with van der Waals surface area (Å²) in [7, 11) is 1.13. The number of non-ortho nitro benzene ring substituents is 1. The molecule has 32 heavy (non-hydrogen) atoms. The Bertz CT molecular complexity index is 1200. The van der Waals surface area contributed by atoms with Crippen LogP contribution in [0.3, 0.4) is 0 Å². The Morgan fingerprint density at radius 1 is 1.22 bits per heavy atom. The van der Waals surface area contributed by atoms with E-state index in [1.54, 1.807) is 19.1 Å². The number of esters is 1. The van der Waals surface area contributed by atoms with E-state index in [-0.39, 0.29) is 17.9 Å². The van der Waals surface area contributed by atoms with Gasteiger partial charge in [0.15, 0.2) is 0 Å². The van der Waals surface area contributed by atoms with Gasteiger partial charge in [-0.2, -0.15) is 9.78 Å². The number of nitro groups is 1. The van der Waals surface area contributed by atoms with Crippen molar-refractivity contribution in [2.45, 2.75) is 19.4 Å². The average Bonchev–Trinajstić information content (AvgIpc) is 3.18. The summed E-state index contributed by atoms with van der Waals surface area (Å²) in [6.07, 6.45) is -2.49. The fourth-order valence-electron chi connectivity index (χ4n) is 3.10. The van der Waals surface area contributed by atoms with Crippen LogP contribution in [-0.2, 0) is 20.7 Å². The summed E-state index contributed by atoms with van der Waals surface area (Å²) in [4.78, 5) is 45.7. The van der Waals surface area contributed by atoms with Gasteiger partial charge in [0.1, 0.15) is 5.75 Å². The molecule has 12 heteroatoms. The van der Waals surface area contributed by atoms with E-state index < -0.39 is 29.2 Å². The Hall–Kier alpha value is -4.48. The molecule has 0 bridgehead atoms. The quantitative estimate of drug-likeness (QED) is 0.259. The molecule has 3 rings (SSSR count). The van der Waals surface area contributed by atoms with Crippen LogP contribution in [-0.4, -0.2) is 51.2 Å². The largest absolute Gasteiger partial charge is 0.514 e. The van der Waals surface area contributed by atoms with Crippen LogP contribution in [0, 0.1) is 17.0 Å². The highest BCUT2D eigenvalue weighted by atomic mass is 16.7. The molecule has 0 aliphatic carbocycles. The first kappa shape index (κ1) is 22.2. The zero-order valence-corrected chi connectivity index (χ0v) is 16.9. The van der Waals surface area contributed by atoms with Gasteiger partial charge in [0.05, 0.1) is 23.7 Å². The molecule has 0 aliphatic heterocycles. The average molecular weight is 443 g/mol. The molecule has 1 heterocycles. The number of nitrogens with zero attached hydrogens (tertiary/aromatic N) is 3. The van der Waals surface area contributed by atoms with Crippen LogP contribution in [0.5, 0.6) is 5.75 Å². The predicted octanol–water partition coefficient (Wildman–Crippen LogP) is 3.08. The van der Waals surface area contributed by atoms with Crippen LogP contribution < -0.4 is 4.74 Å². The molecule has 0 fully saturated rings. The Morgan fingerprint density at radius 2 is 1.91 bits per heavy atom. The van der Waals surface area contributed by atoms with Gasteiger partial charge >= 0.3 is 18.2 Å². The van der Waals surface area contributed by atoms with Crippen molar-refractivity contribution in [2.75, 3.05) is 7.11 Å². The number of aryl methyl sites for hydroxylation is 1. The summed E-state index contributed by atoms with van der Waals surface area (Å²) in [5.41, 5.74) is 1.37. The number of benzene rings is 2. The van der Waals surface area contributed by atoms with E-state index in [9.17, 15) is 29.6 Å². The molecule has 1 N–H and O–H groups in total. The number of fused-ring (bicyclic) bond motifs is 1. The number of rotatable bonds is 6. The third-order valence-corrected chi connectivity index (χ3v) is 4.47. The molecule has 3 aromatic rings. The van der Waals surface area contributed by atoms with Crippen molar-refractivity contribution in [3.63, 3.8) is 0 Å². The summed E-state index contributed by atoms with van der Waals surface area (Å²) < 4.78 is 15.6. The minimum Gasteiger partial charge on any atom is -0.466 e. The predicted molar refractivity (Wildman–Crippen MR) is 108 cm³/mol. The van der Waals surface area contributed by atoms with Crippen molar-refractivity contribution in [3.8, 4) is 5.75 Å². The van der Waals surface area contributed by atoms with Crippen molar-refractivity contribution >= 4 is 34.8 Å². The van der Waals surface area contributed by atoms with Crippen molar-refractivity contribution in [2.24, 2.45) is 0 Å². The molecule has 0 unspecified atom stereocenters. The minimum absolute atomic E-state index is 0.0115. The Kier molecular flexibility index (Phi) is 6.33. The van der Waals surface area contributed by atoms with Gasteiger partial charge in [0.2, 0.25) is 6.10 Å². The number of ether oxygens (including phenoxy) is 3. The third-order valence-electron chi connectivity index (χ3n) is 4.47. The lowest BCUT2D eigenvalue weighted by Gasteiger charge is -2.16. The zero-order valence-electron chi connectivity index (χ0n) is 16.9. The fraction of sp³-hybridized carbons (Fsp3) is 0.200. The molecule has 0 radical (unpaired) electrons. The van der Waals surface area contributed by atoms with Crippen molar-refractivity contribution in [1.82, 2.24) is 9.78 Å². The fourth-order valence-corrected chi connectivity index (χ4v) is 3.10. The standard InChI is InChI=1S/C20H17N3O9/c1-11-7-12(8-13-10-21-22(17(11)13)19(25)26)9-16(18(24)30-2)32-20(27)31-15-5-3-14(4-6-15)23(28)29/h3-8,10,16H,9H2,1-2H3,(H,25,26)/t16-/m1/s1. The number of carbonyl (C=O) groups excluding carboxylic acids is 2. The zero-order chi connectivity index (χ0) is 23.4. The topological polar surface area (TPSA) is 160 Å². The summed E-state index contributed by atoms with van der Waals surface area (Å²) >= 11 is 0. The summed E-state index contributed by atoms with van der Waals surface area (Å²) in [5.74, 6) is -0.841. The molecule has 1 aromatic heterocycles. The Morgan fingerprint density at radius 3 is 2.50 bits per heavy atom. The molecule has 0 spiro atoms. The van der Waals surface area contributed by atoms with Gasteiger partial charge in [-0.05, 0) is 36.2 Å². The van der Waals surface area contributed by atoms with Crippen LogP contribution in [0.25, 0.3) is 10.9 Å². The van der Waals surface area contributed by atoms with Gasteiger partial charge < -0.3 is 19.3 Å². The molecular weight excluding hydrogens is 426 g/mol. The van der Waals surface area contributed by atoms with E-state index in [1.807, 2.05) is 0 Å². The van der Waals surface area contributed by atoms with Crippen LogP contribution >= 0.6 is 0 Å². The Balaban J connectivity index is 1.76. The number of carbonyl (C=O) groups is 3. The van der Waals surface area contributed by atoms with Gasteiger partial charge in [-0.15, -0.1) is 0 Å². The maximum Gasteiger partial charge on any atom is 0.514 e. The first-order chi connectivity index (χ1) is 15.2. The smallest absolute Gasteiger partial charge is 0.466 e. The van der Waals surface area contributed by atoms with E-state index in [1.165, 1.54) is 18.3 Å². The third kappa shape index (κ3) is 4.80. The highest BCUT2D eigenvalue weighted by Gasteiger charge is 2.26. The number of nitro benzene ring substituents is 1. The van der Waals surface area contributed by atoms with E-state index in [0.29, 0.717) is 22.0 Å². The van der Waals surface area contributed by atoms with Gasteiger partial charge in [0, 0.05) is 23.9 Å². The lowest BCUT2D eigenvalue weighted by molar-refractivity contribution is -0.384. The van der Waals surface area contributed by atoms with Gasteiger partial charge in [-0.1, -0.05) is 6.07 Å². The van der Waals surface area contributed by atoms with E-state index in [0.717, 1.165) is 23.9 Å². The number of aromatic nitrogens is 2. The molecule has 0 saturated carbocycles. The summed E-state index contributed by atoms with van der Waals surface area (Å²) in [6, 6.07) is 7.99. The molecular formula is C20H17N3O9. The SMILES string of the molecule is COC(=O)[C@@H](Cc1cc(C)c2c(cnn2C(=O)O)c1)OC(=O)Oc1ccc([N+](=O)[O-])cc1. The number of methoxy groups -OCH3 is 1. The van der Waals surface area contributed by atoms with E-state index in [4.69, 9.17) is 14.2 Å². The van der Waals surface area contributed by atoms with Crippen LogP contribution in [0.4, 0.5) is 15.3 Å². The molecule has 166 valence electrons. The van der Waals surface area contributed by atoms with Crippen molar-refractivity contribution in [1.29, 1.82) is 0 Å². The summed E-state index contributed by atoms with van der Waals surface area (Å²) in [5, 5.41) is 24.2. The molecule has 1 atom stereocenters. The van der Waals surface area contributed by atoms with Crippen LogP contribution in [0.1, 0.15) is 11.1 Å². The second kappa shape index (κ2) is 9.12. The van der Waals surface area contributed by atoms with Crippen LogP contribution in [0.15, 0.2) is 42.6 Å². The monoisotopic (exact) mass is 443 g/mol. The molecule has 0 aliphatic rings. The van der Waals surface area contributed by atoms with Crippen LogP contribution in [0.2, 0.25) is 0 Å². The van der Waals surface area contributed by atoms with Crippen molar-refractivity contribution in [3.05, 3.63) is 63.8 Å². The lowest BCUT2D eigenvalue weighted by Crippen LogP contribution is -2.31. The van der Waals surface area contributed by atoms with E-state index in [2.05, 4.69) is 5.10 Å². The number of hydrogen-bond acceptors (Lipinski definition) is 9. The van der Waals surface area contributed by atoms with Gasteiger partial charge in [-0.3, -0.25) is 10.1 Å². The molecule has 0 amide bonds. The maximum absolute atomic E-state index is 12.1. The molecule has 12 nitrogen and oxygen atoms in total. The first-order valence-electron chi connectivity index (χ1n) is 9.11. The van der Waals surface area contributed by atoms with Gasteiger partial charge in [0.25, 0.3) is 5.69 Å². The second-order valence-corrected chi connectivity index (χ2v) is 6.63. The normalized spacial score (nSPS) is 11.6. The molecule has 0 saturated heterocycles. The van der Waals surface area contributed by atoms with E-state index >= 15 is 0 Å². The Labute approximate surface area is 180 Å². The summed E-state index contributed by atoms with van der Waals surface area (Å²) in [6.45, 7) is 1.68. The minimum atomic E-state index is -1.35. The maximum atomic E-state index is 12.1. The highest BCUT2D eigenvalue weighted by molar-refractivity contribution is 5.90. The van der Waals surface area contributed by atoms with Crippen molar-refractivity contribution < 1.29 is 38.6 Å².